The van der Waals surface area contributed by atoms with Gasteiger partial charge in [0.05, 0.1) is 5.60 Å². The fourth-order valence-corrected chi connectivity index (χ4v) is 2.76. The number of allylic oxidation sites excluding steroid dienone is 1. The fourth-order valence-electron chi connectivity index (χ4n) is 2.76. The monoisotopic (exact) mass is 180 g/mol. The van der Waals surface area contributed by atoms with Gasteiger partial charge in [-0.3, -0.25) is 0 Å². The normalized spacial score (nSPS) is 42.2. The van der Waals surface area contributed by atoms with Gasteiger partial charge in [-0.05, 0) is 37.5 Å². The molecule has 2 aliphatic rings. The minimum Gasteiger partial charge on any atom is -0.389 e. The molecule has 0 aromatic rings. The first-order chi connectivity index (χ1) is 6.10. The summed E-state index contributed by atoms with van der Waals surface area (Å²) in [4.78, 5) is 0. The summed E-state index contributed by atoms with van der Waals surface area (Å²) in [5, 5.41) is 10.4. The van der Waals surface area contributed by atoms with Crippen LogP contribution in [0.5, 0.6) is 0 Å². The first kappa shape index (κ1) is 9.26. The molecule has 1 fully saturated rings. The minimum atomic E-state index is -0.344. The molecule has 74 valence electrons. The van der Waals surface area contributed by atoms with Crippen LogP contribution in [0.1, 0.15) is 39.5 Å². The maximum Gasteiger partial charge on any atom is 0.0716 e. The van der Waals surface area contributed by atoms with Gasteiger partial charge in [0.15, 0.2) is 0 Å². The first-order valence-corrected chi connectivity index (χ1v) is 5.51. The van der Waals surface area contributed by atoms with Crippen LogP contribution < -0.4 is 0 Å². The van der Waals surface area contributed by atoms with Crippen LogP contribution in [0.3, 0.4) is 0 Å². The van der Waals surface area contributed by atoms with Crippen molar-refractivity contribution in [3.63, 3.8) is 0 Å². The largest absolute Gasteiger partial charge is 0.389 e. The van der Waals surface area contributed by atoms with Crippen LogP contribution in [0.15, 0.2) is 12.2 Å². The molecule has 0 aromatic heterocycles. The zero-order valence-corrected chi connectivity index (χ0v) is 8.66. The lowest BCUT2D eigenvalue weighted by Crippen LogP contribution is -2.33. The van der Waals surface area contributed by atoms with Crippen molar-refractivity contribution in [2.45, 2.75) is 45.1 Å². The van der Waals surface area contributed by atoms with E-state index >= 15 is 0 Å². The van der Waals surface area contributed by atoms with Crippen molar-refractivity contribution >= 4 is 0 Å². The van der Waals surface area contributed by atoms with Gasteiger partial charge in [-0.1, -0.05) is 26.0 Å². The van der Waals surface area contributed by atoms with Crippen molar-refractivity contribution in [3.8, 4) is 0 Å². The molecule has 1 N–H and O–H groups in total. The van der Waals surface area contributed by atoms with E-state index in [0.29, 0.717) is 17.8 Å². The average molecular weight is 180 g/mol. The molecule has 0 saturated heterocycles. The van der Waals surface area contributed by atoms with Crippen molar-refractivity contribution in [1.29, 1.82) is 0 Å². The number of rotatable bonds is 3. The summed E-state index contributed by atoms with van der Waals surface area (Å²) in [6.45, 7) is 4.46. The lowest BCUT2D eigenvalue weighted by molar-refractivity contribution is 0.00195. The Bertz CT molecular complexity index is 219. The van der Waals surface area contributed by atoms with Crippen LogP contribution in [0.4, 0.5) is 0 Å². The lowest BCUT2D eigenvalue weighted by atomic mass is 9.83. The summed E-state index contributed by atoms with van der Waals surface area (Å²) in [7, 11) is 0. The molecule has 2 aliphatic carbocycles. The zero-order valence-electron chi connectivity index (χ0n) is 8.66. The highest BCUT2D eigenvalue weighted by molar-refractivity contribution is 5.16. The Morgan fingerprint density at radius 2 is 2.23 bits per heavy atom. The second-order valence-corrected chi connectivity index (χ2v) is 5.23. The van der Waals surface area contributed by atoms with Crippen molar-refractivity contribution < 1.29 is 5.11 Å². The molecule has 0 spiro atoms. The smallest absolute Gasteiger partial charge is 0.0716 e. The second kappa shape index (κ2) is 3.13. The molecular weight excluding hydrogens is 160 g/mol. The molecule has 1 saturated carbocycles. The number of aliphatic hydroxyl groups is 1. The predicted octanol–water partition coefficient (Wildman–Crippen LogP) is 2.75. The van der Waals surface area contributed by atoms with E-state index in [9.17, 15) is 5.11 Å². The lowest BCUT2D eigenvalue weighted by Gasteiger charge is -2.30. The Kier molecular flexibility index (Phi) is 2.23. The van der Waals surface area contributed by atoms with E-state index in [2.05, 4.69) is 26.0 Å². The zero-order chi connectivity index (χ0) is 9.47. The van der Waals surface area contributed by atoms with Gasteiger partial charge < -0.3 is 5.11 Å². The first-order valence-electron chi connectivity index (χ1n) is 5.51. The van der Waals surface area contributed by atoms with Crippen molar-refractivity contribution in [3.05, 3.63) is 12.2 Å². The molecule has 3 unspecified atom stereocenters. The van der Waals surface area contributed by atoms with Gasteiger partial charge >= 0.3 is 0 Å². The quantitative estimate of drug-likeness (QED) is 0.662. The molecule has 13 heavy (non-hydrogen) atoms. The van der Waals surface area contributed by atoms with E-state index in [1.54, 1.807) is 0 Å². The highest BCUT2D eigenvalue weighted by atomic mass is 16.3. The van der Waals surface area contributed by atoms with Crippen molar-refractivity contribution in [2.75, 3.05) is 0 Å². The molecule has 0 radical (unpaired) electrons. The molecule has 0 heterocycles. The summed E-state index contributed by atoms with van der Waals surface area (Å²) in [6.07, 6.45) is 8.89. The Labute approximate surface area is 80.8 Å². The highest BCUT2D eigenvalue weighted by Crippen LogP contribution is 2.48. The summed E-state index contributed by atoms with van der Waals surface area (Å²) >= 11 is 0. The van der Waals surface area contributed by atoms with E-state index in [1.165, 1.54) is 6.42 Å². The third-order valence-corrected chi connectivity index (χ3v) is 3.63. The number of fused-ring (bicyclic) bond motifs is 2. The van der Waals surface area contributed by atoms with Crippen LogP contribution in [0, 0.1) is 17.8 Å². The van der Waals surface area contributed by atoms with Crippen molar-refractivity contribution in [2.24, 2.45) is 17.8 Å². The molecule has 0 aromatic carbocycles. The molecular formula is C12H20O. The molecule has 2 bridgehead atoms. The summed E-state index contributed by atoms with van der Waals surface area (Å²) in [6, 6.07) is 0. The minimum absolute atomic E-state index is 0.344. The van der Waals surface area contributed by atoms with Gasteiger partial charge in [-0.15, -0.1) is 0 Å². The SMILES string of the molecule is CC(C)CCC1(O)CC2C=CC1C2. The van der Waals surface area contributed by atoms with Crippen LogP contribution in [-0.2, 0) is 0 Å². The van der Waals surface area contributed by atoms with Gasteiger partial charge in [0.2, 0.25) is 0 Å². The Morgan fingerprint density at radius 1 is 1.46 bits per heavy atom. The molecule has 0 aliphatic heterocycles. The maximum atomic E-state index is 10.4. The molecule has 1 heteroatoms. The Balaban J connectivity index is 1.94. The topological polar surface area (TPSA) is 20.2 Å². The third kappa shape index (κ3) is 1.67. The van der Waals surface area contributed by atoms with E-state index in [0.717, 1.165) is 19.3 Å². The van der Waals surface area contributed by atoms with Crippen molar-refractivity contribution in [1.82, 2.24) is 0 Å². The standard InChI is InChI=1S/C12H20O/c1-9(2)5-6-12(13)8-10-3-4-11(12)7-10/h3-4,9-11,13H,5-8H2,1-2H3. The van der Waals surface area contributed by atoms with Crippen LogP contribution in [0.25, 0.3) is 0 Å². The van der Waals surface area contributed by atoms with Gasteiger partial charge in [0.1, 0.15) is 0 Å². The van der Waals surface area contributed by atoms with Crippen LogP contribution in [0.2, 0.25) is 0 Å². The molecule has 0 amide bonds. The molecule has 1 nitrogen and oxygen atoms in total. The Hall–Kier alpha value is -0.300. The maximum absolute atomic E-state index is 10.4. The molecule has 2 rings (SSSR count). The summed E-state index contributed by atoms with van der Waals surface area (Å²) in [5.41, 5.74) is -0.344. The van der Waals surface area contributed by atoms with Crippen LogP contribution in [-0.4, -0.2) is 10.7 Å². The highest BCUT2D eigenvalue weighted by Gasteiger charge is 2.46. The fraction of sp³-hybridized carbons (Fsp3) is 0.833. The van der Waals surface area contributed by atoms with Gasteiger partial charge in [-0.25, -0.2) is 0 Å². The third-order valence-electron chi connectivity index (χ3n) is 3.63. The average Bonchev–Trinajstić information content (AvgIpc) is 2.60. The molecule has 3 atom stereocenters. The van der Waals surface area contributed by atoms with E-state index < -0.39 is 0 Å². The van der Waals surface area contributed by atoms with E-state index in [-0.39, 0.29) is 5.60 Å². The predicted molar refractivity (Wildman–Crippen MR) is 54.4 cm³/mol. The summed E-state index contributed by atoms with van der Waals surface area (Å²) < 4.78 is 0. The van der Waals surface area contributed by atoms with Gasteiger partial charge in [-0.2, -0.15) is 0 Å². The van der Waals surface area contributed by atoms with E-state index in [4.69, 9.17) is 0 Å². The Morgan fingerprint density at radius 3 is 2.69 bits per heavy atom. The number of hydrogen-bond acceptors (Lipinski definition) is 1. The van der Waals surface area contributed by atoms with Crippen LogP contribution >= 0.6 is 0 Å². The van der Waals surface area contributed by atoms with E-state index in [1.807, 2.05) is 0 Å². The summed E-state index contributed by atoms with van der Waals surface area (Å²) in [5.74, 6) is 1.87. The van der Waals surface area contributed by atoms with Gasteiger partial charge in [0.25, 0.3) is 0 Å². The number of hydrogen-bond donors (Lipinski definition) is 1. The van der Waals surface area contributed by atoms with Gasteiger partial charge in [0, 0.05) is 5.92 Å². The second-order valence-electron chi connectivity index (χ2n) is 5.23.